The molecule has 0 N–H and O–H groups in total. The molecule has 17 heteroatoms. The van der Waals surface area contributed by atoms with E-state index in [4.69, 9.17) is 42.6 Å². The highest BCUT2D eigenvalue weighted by Gasteiger charge is 2.56. The van der Waals surface area contributed by atoms with Gasteiger partial charge < -0.3 is 42.6 Å². The molecule has 0 bridgehead atoms. The first-order valence-corrected chi connectivity index (χ1v) is 14.1. The molecule has 2 aliphatic rings. The fourth-order valence-corrected chi connectivity index (χ4v) is 5.95. The maximum atomic E-state index is 12.2. The van der Waals surface area contributed by atoms with E-state index < -0.39 is 108 Å². The van der Waals surface area contributed by atoms with Gasteiger partial charge in [0, 0.05) is 48.5 Å². The molecule has 2 aliphatic heterocycles. The Balaban J connectivity index is 2.59. The lowest BCUT2D eigenvalue weighted by atomic mass is 9.99. The molecule has 0 unspecified atom stereocenters. The van der Waals surface area contributed by atoms with Crippen LogP contribution < -0.4 is 0 Å². The summed E-state index contributed by atoms with van der Waals surface area (Å²) < 4.78 is 49.7. The molecule has 43 heavy (non-hydrogen) atoms. The number of carbonyl (C=O) groups is 7. The molecule has 0 aliphatic carbocycles. The van der Waals surface area contributed by atoms with Crippen LogP contribution in [0.4, 0.5) is 0 Å². The molecule has 242 valence electrons. The van der Waals surface area contributed by atoms with Crippen LogP contribution in [-0.4, -0.2) is 108 Å². The second-order valence-corrected chi connectivity index (χ2v) is 10.8. The summed E-state index contributed by atoms with van der Waals surface area (Å²) in [5, 5.41) is 0. The molecular weight excluding hydrogens is 600 g/mol. The Kier molecular flexibility index (Phi) is 13.2. The molecule has 0 aromatic rings. The highest BCUT2D eigenvalue weighted by Crippen LogP contribution is 2.41. The largest absolute Gasteiger partial charge is 0.463 e. The van der Waals surface area contributed by atoms with Gasteiger partial charge in [-0.2, -0.15) is 0 Å². The first-order valence-electron chi connectivity index (χ1n) is 13.1. The van der Waals surface area contributed by atoms with E-state index in [1.807, 2.05) is 0 Å². The molecule has 0 aromatic carbocycles. The average Bonchev–Trinajstić information content (AvgIpc) is 2.84. The van der Waals surface area contributed by atoms with Gasteiger partial charge in [0.2, 0.25) is 0 Å². The van der Waals surface area contributed by atoms with Crippen LogP contribution in [-0.2, 0) is 76.2 Å². The number of thioether (sulfide) groups is 1. The van der Waals surface area contributed by atoms with Crippen molar-refractivity contribution in [3.63, 3.8) is 0 Å². The Morgan fingerprint density at radius 3 is 1.26 bits per heavy atom. The average molecular weight is 637 g/mol. The van der Waals surface area contributed by atoms with E-state index >= 15 is 0 Å². The van der Waals surface area contributed by atoms with Gasteiger partial charge in [-0.05, 0) is 6.92 Å². The summed E-state index contributed by atoms with van der Waals surface area (Å²) in [5.74, 6) is -5.43. The third-order valence-corrected chi connectivity index (χ3v) is 7.15. The van der Waals surface area contributed by atoms with Crippen LogP contribution in [0.1, 0.15) is 55.4 Å². The number of ether oxygens (including phenoxy) is 9. The summed E-state index contributed by atoms with van der Waals surface area (Å²) in [6.45, 7) is 8.79. The van der Waals surface area contributed by atoms with E-state index in [1.54, 1.807) is 0 Å². The fraction of sp³-hybridized carbons (Fsp3) is 0.731. The summed E-state index contributed by atoms with van der Waals surface area (Å²) in [5.41, 5.74) is -2.53. The molecule has 2 saturated heterocycles. The second-order valence-electron chi connectivity index (χ2n) is 9.64. The number of esters is 7. The zero-order valence-electron chi connectivity index (χ0n) is 24.9. The zero-order chi connectivity index (χ0) is 32.6. The SMILES string of the molecule is CC(=O)OC[C@H]1O[C@@H](S[C@H]2O[C@@H](C)[C@@H](OC(C)=O)[C@@H](OC(C)=O)[C@@H]2OC(C)=O)[C@H](OC(C)=O)[C@@H](OC(C)=O)[C@@H]1OC(C)=O. The Bertz CT molecular complexity index is 1080. The summed E-state index contributed by atoms with van der Waals surface area (Å²) in [6.07, 6.45) is -10.4. The number of hydrogen-bond donors (Lipinski definition) is 0. The van der Waals surface area contributed by atoms with Crippen molar-refractivity contribution < 1.29 is 76.2 Å². The molecule has 10 atom stereocenters. The van der Waals surface area contributed by atoms with E-state index in [-0.39, 0.29) is 0 Å². The minimum atomic E-state index is -1.46. The molecule has 0 aromatic heterocycles. The summed E-state index contributed by atoms with van der Waals surface area (Å²) in [4.78, 5) is 83.9. The van der Waals surface area contributed by atoms with Gasteiger partial charge in [0.1, 0.15) is 23.6 Å². The topological polar surface area (TPSA) is 203 Å². The molecule has 0 amide bonds. The molecule has 16 nitrogen and oxygen atoms in total. The lowest BCUT2D eigenvalue weighted by molar-refractivity contribution is -0.240. The van der Waals surface area contributed by atoms with Crippen LogP contribution in [0.3, 0.4) is 0 Å². The van der Waals surface area contributed by atoms with Crippen LogP contribution in [0.25, 0.3) is 0 Å². The van der Waals surface area contributed by atoms with Gasteiger partial charge in [-0.25, -0.2) is 0 Å². The lowest BCUT2D eigenvalue weighted by Crippen LogP contribution is -2.63. The van der Waals surface area contributed by atoms with Gasteiger partial charge in [0.05, 0.1) is 6.10 Å². The van der Waals surface area contributed by atoms with Crippen LogP contribution >= 0.6 is 11.8 Å². The number of rotatable bonds is 10. The normalized spacial score (nSPS) is 31.9. The summed E-state index contributed by atoms with van der Waals surface area (Å²) in [7, 11) is 0. The Labute approximate surface area is 251 Å². The predicted molar refractivity (Wildman–Crippen MR) is 141 cm³/mol. The highest BCUT2D eigenvalue weighted by molar-refractivity contribution is 8.00. The zero-order valence-corrected chi connectivity index (χ0v) is 25.7. The smallest absolute Gasteiger partial charge is 0.303 e. The quantitative estimate of drug-likeness (QED) is 0.234. The van der Waals surface area contributed by atoms with Gasteiger partial charge in [0.15, 0.2) is 36.6 Å². The molecule has 0 spiro atoms. The molecular formula is C26H36O16S. The highest BCUT2D eigenvalue weighted by atomic mass is 32.2. The Morgan fingerprint density at radius 2 is 0.837 bits per heavy atom. The lowest BCUT2D eigenvalue weighted by Gasteiger charge is -2.47. The maximum absolute atomic E-state index is 12.2. The van der Waals surface area contributed by atoms with Crippen molar-refractivity contribution >= 4 is 53.5 Å². The van der Waals surface area contributed by atoms with Crippen molar-refractivity contribution in [2.75, 3.05) is 6.61 Å². The summed E-state index contributed by atoms with van der Waals surface area (Å²) >= 11 is 0.784. The van der Waals surface area contributed by atoms with Crippen molar-refractivity contribution in [2.45, 2.75) is 115 Å². The Hall–Kier alpha value is -3.44. The first kappa shape index (κ1) is 35.8. The van der Waals surface area contributed by atoms with Crippen molar-refractivity contribution in [3.8, 4) is 0 Å². The van der Waals surface area contributed by atoms with E-state index in [0.29, 0.717) is 0 Å². The third kappa shape index (κ3) is 10.7. The van der Waals surface area contributed by atoms with E-state index in [1.165, 1.54) is 6.92 Å². The fourth-order valence-electron chi connectivity index (χ4n) is 4.51. The molecule has 0 radical (unpaired) electrons. The van der Waals surface area contributed by atoms with Gasteiger partial charge in [-0.3, -0.25) is 33.6 Å². The van der Waals surface area contributed by atoms with Crippen molar-refractivity contribution in [1.82, 2.24) is 0 Å². The summed E-state index contributed by atoms with van der Waals surface area (Å²) in [6, 6.07) is 0. The van der Waals surface area contributed by atoms with Gasteiger partial charge in [0.25, 0.3) is 0 Å². The van der Waals surface area contributed by atoms with E-state index in [0.717, 1.165) is 60.2 Å². The Morgan fingerprint density at radius 1 is 0.488 bits per heavy atom. The molecule has 0 saturated carbocycles. The van der Waals surface area contributed by atoms with Crippen LogP contribution in [0.2, 0.25) is 0 Å². The van der Waals surface area contributed by atoms with Gasteiger partial charge in [-0.15, -0.1) is 0 Å². The maximum Gasteiger partial charge on any atom is 0.303 e. The predicted octanol–water partition coefficient (Wildman–Crippen LogP) is 0.343. The third-order valence-electron chi connectivity index (χ3n) is 5.85. The van der Waals surface area contributed by atoms with Crippen LogP contribution in [0, 0.1) is 0 Å². The minimum Gasteiger partial charge on any atom is -0.463 e. The molecule has 2 rings (SSSR count). The first-order chi connectivity index (χ1) is 20.0. The van der Waals surface area contributed by atoms with Crippen molar-refractivity contribution in [2.24, 2.45) is 0 Å². The molecule has 2 fully saturated rings. The monoisotopic (exact) mass is 636 g/mol. The minimum absolute atomic E-state index is 0.463. The second kappa shape index (κ2) is 15.9. The van der Waals surface area contributed by atoms with Gasteiger partial charge >= 0.3 is 41.8 Å². The van der Waals surface area contributed by atoms with E-state index in [9.17, 15) is 33.6 Å². The van der Waals surface area contributed by atoms with E-state index in [2.05, 4.69) is 0 Å². The standard InChI is InChI=1S/C26H36O16S/c1-10-19(36-12(3)28)21(38-14(5)30)23(40-16(7)32)25(35-10)43-26-24(41-17(8)33)22(39-15(6)31)20(37-13(4)29)18(42-26)9-34-11(2)27/h10,18-26H,9H2,1-8H3/t10-,18+,19+,20+,21+,22-,23-,24+,25+,26-/m0/s1. The van der Waals surface area contributed by atoms with Crippen LogP contribution in [0.5, 0.6) is 0 Å². The van der Waals surface area contributed by atoms with Crippen molar-refractivity contribution in [1.29, 1.82) is 0 Å². The van der Waals surface area contributed by atoms with Crippen LogP contribution in [0.15, 0.2) is 0 Å². The van der Waals surface area contributed by atoms with Crippen molar-refractivity contribution in [3.05, 3.63) is 0 Å². The van der Waals surface area contributed by atoms with Gasteiger partial charge in [-0.1, -0.05) is 11.8 Å². The number of hydrogen-bond acceptors (Lipinski definition) is 17. The molecule has 2 heterocycles. The number of carbonyl (C=O) groups excluding carboxylic acids is 7.